The van der Waals surface area contributed by atoms with Crippen LogP contribution in [0.2, 0.25) is 5.02 Å². The maximum absolute atomic E-state index is 12.7. The number of sulfone groups is 2. The Morgan fingerprint density at radius 3 is 2.42 bits per heavy atom. The molecule has 0 spiro atoms. The van der Waals surface area contributed by atoms with Crippen LogP contribution in [-0.2, 0) is 19.7 Å². The Balaban J connectivity index is 1.91. The summed E-state index contributed by atoms with van der Waals surface area (Å²) in [7, 11) is -7.22. The maximum Gasteiger partial charge on any atom is 0.257 e. The highest BCUT2D eigenvalue weighted by atomic mass is 35.5. The molecule has 0 radical (unpaired) electrons. The molecule has 1 aliphatic rings. The van der Waals surface area contributed by atoms with Gasteiger partial charge in [-0.3, -0.25) is 4.79 Å². The van der Waals surface area contributed by atoms with Crippen molar-refractivity contribution >= 4 is 42.9 Å². The zero-order chi connectivity index (χ0) is 18.9. The van der Waals surface area contributed by atoms with E-state index in [9.17, 15) is 21.6 Å². The van der Waals surface area contributed by atoms with Crippen LogP contribution in [0, 0.1) is 0 Å². The van der Waals surface area contributed by atoms with Gasteiger partial charge < -0.3 is 5.32 Å². The molecule has 1 N–H and O–H groups in total. The second-order valence-corrected chi connectivity index (χ2v) is 10.9. The molecule has 1 aliphatic heterocycles. The molecule has 0 saturated carbocycles. The van der Waals surface area contributed by atoms with Crippen molar-refractivity contribution < 1.29 is 21.6 Å². The van der Waals surface area contributed by atoms with Gasteiger partial charge in [0.1, 0.15) is 0 Å². The lowest BCUT2D eigenvalue weighted by atomic mass is 10.2. The summed E-state index contributed by atoms with van der Waals surface area (Å²) >= 11 is 6.06. The molecule has 1 amide bonds. The van der Waals surface area contributed by atoms with Gasteiger partial charge in [0.2, 0.25) is 0 Å². The fraction of sp³-hybridized carbons (Fsp3) is 0.235. The molecule has 1 saturated heterocycles. The van der Waals surface area contributed by atoms with E-state index in [-0.39, 0.29) is 27.7 Å². The van der Waals surface area contributed by atoms with Crippen molar-refractivity contribution in [3.63, 3.8) is 0 Å². The number of benzene rings is 2. The van der Waals surface area contributed by atoms with Crippen LogP contribution in [0.1, 0.15) is 16.8 Å². The van der Waals surface area contributed by atoms with Crippen LogP contribution >= 0.6 is 11.6 Å². The van der Waals surface area contributed by atoms with E-state index in [4.69, 9.17) is 11.6 Å². The van der Waals surface area contributed by atoms with Gasteiger partial charge in [0.25, 0.3) is 5.91 Å². The van der Waals surface area contributed by atoms with Gasteiger partial charge in [-0.05, 0) is 36.8 Å². The lowest BCUT2D eigenvalue weighted by Crippen LogP contribution is -2.23. The monoisotopic (exact) mass is 413 g/mol. The molecular formula is C17H16ClNO5S2. The van der Waals surface area contributed by atoms with Gasteiger partial charge in [0.15, 0.2) is 19.7 Å². The van der Waals surface area contributed by atoms with Crippen LogP contribution < -0.4 is 5.32 Å². The van der Waals surface area contributed by atoms with E-state index in [0.717, 1.165) is 0 Å². The highest BCUT2D eigenvalue weighted by molar-refractivity contribution is 7.96. The van der Waals surface area contributed by atoms with Gasteiger partial charge >= 0.3 is 0 Å². The van der Waals surface area contributed by atoms with Crippen molar-refractivity contribution in [1.82, 2.24) is 0 Å². The van der Waals surface area contributed by atoms with Gasteiger partial charge in [-0.2, -0.15) is 0 Å². The minimum Gasteiger partial charge on any atom is -0.322 e. The summed E-state index contributed by atoms with van der Waals surface area (Å²) < 4.78 is 48.7. The van der Waals surface area contributed by atoms with Crippen LogP contribution in [-0.4, -0.2) is 39.5 Å². The number of hydrogen-bond donors (Lipinski definition) is 1. The Morgan fingerprint density at radius 1 is 1.12 bits per heavy atom. The molecule has 1 atom stereocenters. The molecule has 3 rings (SSSR count). The molecule has 26 heavy (non-hydrogen) atoms. The maximum atomic E-state index is 12.7. The molecule has 9 heteroatoms. The summed E-state index contributed by atoms with van der Waals surface area (Å²) in [6.07, 6.45) is 0.0544. The van der Waals surface area contributed by atoms with E-state index in [1.165, 1.54) is 18.2 Å². The molecule has 0 aromatic heterocycles. The summed E-state index contributed by atoms with van der Waals surface area (Å²) in [5, 5.41) is 1.75. The van der Waals surface area contributed by atoms with Crippen LogP contribution in [0.5, 0.6) is 0 Å². The second kappa shape index (κ2) is 7.02. The van der Waals surface area contributed by atoms with E-state index in [2.05, 4.69) is 5.32 Å². The van der Waals surface area contributed by atoms with Crippen molar-refractivity contribution in [2.75, 3.05) is 16.8 Å². The Bertz CT molecular complexity index is 1050. The largest absolute Gasteiger partial charge is 0.322 e. The Morgan fingerprint density at radius 2 is 1.81 bits per heavy atom. The number of carbonyl (C=O) groups excluding carboxylic acids is 1. The second-order valence-electron chi connectivity index (χ2n) is 6.03. The average Bonchev–Trinajstić information content (AvgIpc) is 2.96. The molecule has 1 unspecified atom stereocenters. The number of halogens is 1. The van der Waals surface area contributed by atoms with Gasteiger partial charge in [-0.1, -0.05) is 29.8 Å². The van der Waals surface area contributed by atoms with Gasteiger partial charge in [-0.15, -0.1) is 0 Å². The first-order valence-electron chi connectivity index (χ1n) is 7.79. The number of rotatable bonds is 4. The minimum atomic E-state index is -3.87. The summed E-state index contributed by atoms with van der Waals surface area (Å²) in [5.74, 6) is -1.09. The van der Waals surface area contributed by atoms with Gasteiger partial charge in [-0.25, -0.2) is 16.8 Å². The fourth-order valence-corrected chi connectivity index (χ4v) is 7.36. The Kier molecular flexibility index (Phi) is 5.09. The highest BCUT2D eigenvalue weighted by Crippen LogP contribution is 2.28. The number of hydrogen-bond acceptors (Lipinski definition) is 5. The first-order chi connectivity index (χ1) is 12.2. The summed E-state index contributed by atoms with van der Waals surface area (Å²) in [5.41, 5.74) is 0.557. The van der Waals surface area contributed by atoms with Crippen molar-refractivity contribution in [2.24, 2.45) is 0 Å². The SMILES string of the molecule is O=C(Nc1ccccc1)c1cc(S(=O)(=O)C2CCS(=O)(=O)C2)ccc1Cl. The molecule has 2 aromatic rings. The van der Waals surface area contributed by atoms with Crippen molar-refractivity contribution in [1.29, 1.82) is 0 Å². The van der Waals surface area contributed by atoms with Crippen molar-refractivity contribution in [3.8, 4) is 0 Å². The Labute approximate surface area is 157 Å². The van der Waals surface area contributed by atoms with E-state index in [1.807, 2.05) is 0 Å². The molecule has 0 bridgehead atoms. The van der Waals surface area contributed by atoms with Gasteiger partial charge in [0, 0.05) is 5.69 Å². The van der Waals surface area contributed by atoms with Crippen LogP contribution in [0.15, 0.2) is 53.4 Å². The van der Waals surface area contributed by atoms with E-state index in [0.29, 0.717) is 5.69 Å². The minimum absolute atomic E-state index is 0.0115. The molecule has 1 heterocycles. The normalized spacial score (nSPS) is 19.2. The van der Waals surface area contributed by atoms with E-state index >= 15 is 0 Å². The standard InChI is InChI=1S/C17H16ClNO5S2/c18-16-7-6-13(26(23,24)14-8-9-25(21,22)11-14)10-15(16)17(20)19-12-4-2-1-3-5-12/h1-7,10,14H,8-9,11H2,(H,19,20). The average molecular weight is 414 g/mol. The summed E-state index contributed by atoms with van der Waals surface area (Å²) in [6.45, 7) is 0. The molecular weight excluding hydrogens is 398 g/mol. The smallest absolute Gasteiger partial charge is 0.257 e. The molecule has 138 valence electrons. The molecule has 6 nitrogen and oxygen atoms in total. The van der Waals surface area contributed by atoms with Crippen LogP contribution in [0.25, 0.3) is 0 Å². The molecule has 2 aromatic carbocycles. The third kappa shape index (κ3) is 3.92. The zero-order valence-corrected chi connectivity index (χ0v) is 15.9. The van der Waals surface area contributed by atoms with Crippen molar-refractivity contribution in [3.05, 3.63) is 59.1 Å². The fourth-order valence-electron chi connectivity index (χ4n) is 2.77. The zero-order valence-electron chi connectivity index (χ0n) is 13.6. The third-order valence-corrected chi connectivity index (χ3v) is 8.67. The summed E-state index contributed by atoms with van der Waals surface area (Å²) in [4.78, 5) is 12.3. The number of anilines is 1. The lowest BCUT2D eigenvalue weighted by Gasteiger charge is -2.12. The highest BCUT2D eigenvalue weighted by Gasteiger charge is 2.38. The van der Waals surface area contributed by atoms with E-state index in [1.54, 1.807) is 30.3 Å². The first-order valence-corrected chi connectivity index (χ1v) is 11.5. The summed E-state index contributed by atoms with van der Waals surface area (Å²) in [6, 6.07) is 12.5. The van der Waals surface area contributed by atoms with Crippen LogP contribution in [0.4, 0.5) is 5.69 Å². The quantitative estimate of drug-likeness (QED) is 0.830. The Hall–Kier alpha value is -1.90. The predicted molar refractivity (Wildman–Crippen MR) is 100 cm³/mol. The molecule has 0 aliphatic carbocycles. The van der Waals surface area contributed by atoms with Crippen LogP contribution in [0.3, 0.4) is 0 Å². The predicted octanol–water partition coefficient (Wildman–Crippen LogP) is 2.55. The number of para-hydroxylation sites is 1. The number of nitrogens with one attached hydrogen (secondary N) is 1. The lowest BCUT2D eigenvalue weighted by molar-refractivity contribution is 0.102. The van der Waals surface area contributed by atoms with Gasteiger partial charge in [0.05, 0.1) is 32.2 Å². The first kappa shape index (κ1) is 18.9. The molecule has 1 fully saturated rings. The number of carbonyl (C=O) groups is 1. The topological polar surface area (TPSA) is 97.4 Å². The van der Waals surface area contributed by atoms with E-state index < -0.39 is 36.6 Å². The number of amides is 1. The van der Waals surface area contributed by atoms with Crippen molar-refractivity contribution in [2.45, 2.75) is 16.6 Å². The third-order valence-electron chi connectivity index (χ3n) is 4.17.